The number of hydrogen-bond donors (Lipinski definition) is 9. The minimum absolute atomic E-state index is 0.0876. The molecule has 2 aliphatic rings. The van der Waals surface area contributed by atoms with Crippen LogP contribution >= 0.6 is 18.9 Å². The molecule has 3 aromatic rings. The number of carbonyl (C=O) groups excluding carboxylic acids is 2. The molecule has 16 nitrogen and oxygen atoms in total. The minimum atomic E-state index is -4.20. The van der Waals surface area contributed by atoms with Crippen LogP contribution in [0.25, 0.3) is 10.9 Å². The first kappa shape index (κ1) is 43.8. The summed E-state index contributed by atoms with van der Waals surface area (Å²) in [7, 11) is -4.20. The highest BCUT2D eigenvalue weighted by atomic mass is 32.1. The molecular weight excluding hydrogens is 754 g/mol. The number of amides is 2. The Morgan fingerprint density at radius 2 is 1.71 bits per heavy atom. The third kappa shape index (κ3) is 15.9. The smallest absolute Gasteiger partial charge is 0.327 e. The highest BCUT2D eigenvalue weighted by molar-refractivity contribution is 7.51. The van der Waals surface area contributed by atoms with Crippen molar-refractivity contribution in [2.24, 2.45) is 5.73 Å². The van der Waals surface area contributed by atoms with Gasteiger partial charge < -0.3 is 52.3 Å². The molecule has 18 heteroatoms. The monoisotopic (exact) mass is 815 g/mol. The maximum atomic E-state index is 12.3. The fraction of sp³-hybridized carbons (Fsp3) is 0.658. The standard InChI is InChI=1S/C38H62N11O5PS/c39-32(37(51)43-21-25-55(52,53)54)13-14-34(50)42-20-24-49-22-15-29(16-23-49)46-36-31-11-4-5-12-33(31)47-38(48-36)44-26-35-45-30(27-56-35)10-6-17-40-18-7-19-41-28-8-2-1-3-9-28/h4-5,11-12,27-29,32,40-41H,1-3,6-10,13-26,39H2,(H,42,50)(H,43,51)(H2,52,53,54)(H2,44,46,47,48)/t32-/m0/s1. The number of carbonyl (C=O) groups is 2. The molecular formula is C38H62N11O5PS. The second kappa shape index (κ2) is 23.2. The number of benzene rings is 1. The number of aromatic nitrogens is 3. The summed E-state index contributed by atoms with van der Waals surface area (Å²) in [5.41, 5.74) is 7.84. The number of para-hydroxylation sites is 1. The van der Waals surface area contributed by atoms with E-state index in [1.54, 1.807) is 11.3 Å². The first-order valence-corrected chi connectivity index (χ1v) is 23.0. The molecule has 56 heavy (non-hydrogen) atoms. The zero-order valence-corrected chi connectivity index (χ0v) is 34.2. The lowest BCUT2D eigenvalue weighted by molar-refractivity contribution is -0.123. The van der Waals surface area contributed by atoms with Crippen molar-refractivity contribution in [3.05, 3.63) is 40.3 Å². The van der Waals surface area contributed by atoms with E-state index in [0.717, 1.165) is 91.9 Å². The number of thiazole rings is 1. The molecule has 1 aliphatic carbocycles. The summed E-state index contributed by atoms with van der Waals surface area (Å²) >= 11 is 1.67. The Balaban J connectivity index is 0.967. The largest absolute Gasteiger partial charge is 0.367 e. The number of hydrogen-bond acceptors (Lipinski definition) is 13. The predicted molar refractivity (Wildman–Crippen MR) is 223 cm³/mol. The molecule has 1 atom stereocenters. The Bertz CT molecular complexity index is 1700. The summed E-state index contributed by atoms with van der Waals surface area (Å²) in [6, 6.07) is 8.09. The van der Waals surface area contributed by atoms with Crippen molar-refractivity contribution in [3.63, 3.8) is 0 Å². The molecule has 1 saturated heterocycles. The molecule has 1 saturated carbocycles. The van der Waals surface area contributed by atoms with Crippen LogP contribution in [0, 0.1) is 0 Å². The van der Waals surface area contributed by atoms with Gasteiger partial charge in [0.05, 0.1) is 30.0 Å². The number of piperidine rings is 1. The number of rotatable bonds is 24. The summed E-state index contributed by atoms with van der Waals surface area (Å²) < 4.78 is 10.9. The van der Waals surface area contributed by atoms with Gasteiger partial charge >= 0.3 is 7.60 Å². The van der Waals surface area contributed by atoms with Crippen LogP contribution in [-0.4, -0.2) is 118 Å². The van der Waals surface area contributed by atoms with E-state index in [9.17, 15) is 14.2 Å². The van der Waals surface area contributed by atoms with Crippen LogP contribution < -0.4 is 37.6 Å². The zero-order valence-electron chi connectivity index (χ0n) is 32.5. The quantitative estimate of drug-likeness (QED) is 0.0468. The average molecular weight is 816 g/mol. The van der Waals surface area contributed by atoms with E-state index >= 15 is 0 Å². The van der Waals surface area contributed by atoms with Gasteiger partial charge in [0.1, 0.15) is 10.8 Å². The van der Waals surface area contributed by atoms with Crippen molar-refractivity contribution in [2.45, 2.75) is 102 Å². The van der Waals surface area contributed by atoms with Gasteiger partial charge in [0.15, 0.2) is 0 Å². The van der Waals surface area contributed by atoms with E-state index in [-0.39, 0.29) is 31.3 Å². The molecule has 1 aromatic carbocycles. The summed E-state index contributed by atoms with van der Waals surface area (Å²) in [5, 5.41) is 23.8. The van der Waals surface area contributed by atoms with Crippen molar-refractivity contribution in [1.82, 2.24) is 41.1 Å². The van der Waals surface area contributed by atoms with Gasteiger partial charge in [-0.2, -0.15) is 4.98 Å². The molecule has 0 spiro atoms. The maximum absolute atomic E-state index is 12.3. The van der Waals surface area contributed by atoms with Gasteiger partial charge in [0.2, 0.25) is 17.8 Å². The number of fused-ring (bicyclic) bond motifs is 1. The molecule has 2 aromatic heterocycles. The highest BCUT2D eigenvalue weighted by Crippen LogP contribution is 2.32. The summed E-state index contributed by atoms with van der Waals surface area (Å²) in [6.07, 6.45) is 11.7. The number of aryl methyl sites for hydroxylation is 1. The Labute approximate surface area is 334 Å². The third-order valence-corrected chi connectivity index (χ3v) is 12.1. The van der Waals surface area contributed by atoms with Gasteiger partial charge in [-0.3, -0.25) is 14.2 Å². The minimum Gasteiger partial charge on any atom is -0.367 e. The lowest BCUT2D eigenvalue weighted by atomic mass is 9.95. The topological polar surface area (TPSA) is 232 Å². The van der Waals surface area contributed by atoms with Crippen LogP contribution in [0.5, 0.6) is 0 Å². The zero-order chi connectivity index (χ0) is 39.6. The van der Waals surface area contributed by atoms with Crippen LogP contribution in [0.2, 0.25) is 0 Å². The third-order valence-electron chi connectivity index (χ3n) is 10.4. The van der Waals surface area contributed by atoms with Crippen molar-refractivity contribution < 1.29 is 23.9 Å². The van der Waals surface area contributed by atoms with Crippen LogP contribution in [0.3, 0.4) is 0 Å². The maximum Gasteiger partial charge on any atom is 0.327 e. The molecule has 1 aliphatic heterocycles. The normalized spacial score (nSPS) is 16.5. The Hall–Kier alpha value is -3.28. The molecule has 2 fully saturated rings. The van der Waals surface area contributed by atoms with Gasteiger partial charge in [-0.25, -0.2) is 9.97 Å². The average Bonchev–Trinajstić information content (AvgIpc) is 3.65. The van der Waals surface area contributed by atoms with E-state index in [4.69, 9.17) is 30.5 Å². The van der Waals surface area contributed by atoms with Crippen LogP contribution in [-0.2, 0) is 27.1 Å². The van der Waals surface area contributed by atoms with E-state index in [1.165, 1.54) is 38.5 Å². The highest BCUT2D eigenvalue weighted by Gasteiger charge is 2.22. The summed E-state index contributed by atoms with van der Waals surface area (Å²) in [6.45, 7) is 6.50. The van der Waals surface area contributed by atoms with Crippen LogP contribution in [0.15, 0.2) is 29.6 Å². The summed E-state index contributed by atoms with van der Waals surface area (Å²) in [5.74, 6) is 0.656. The van der Waals surface area contributed by atoms with Crippen LogP contribution in [0.4, 0.5) is 11.8 Å². The Morgan fingerprint density at radius 1 is 0.929 bits per heavy atom. The number of anilines is 2. The van der Waals surface area contributed by atoms with E-state index < -0.39 is 25.7 Å². The molecule has 5 rings (SSSR count). The molecule has 310 valence electrons. The number of nitrogens with two attached hydrogens (primary N) is 1. The molecule has 0 radical (unpaired) electrons. The van der Waals surface area contributed by atoms with E-state index in [0.29, 0.717) is 25.6 Å². The van der Waals surface area contributed by atoms with Crippen LogP contribution in [0.1, 0.15) is 81.3 Å². The number of nitrogens with zero attached hydrogens (tertiary/aromatic N) is 4. The molecule has 2 amide bonds. The second-order valence-corrected chi connectivity index (χ2v) is 17.6. The van der Waals surface area contributed by atoms with Crippen molar-refractivity contribution >= 4 is 53.4 Å². The van der Waals surface area contributed by atoms with Crippen molar-refractivity contribution in [1.29, 1.82) is 0 Å². The second-order valence-electron chi connectivity index (χ2n) is 14.9. The van der Waals surface area contributed by atoms with Gasteiger partial charge in [0.25, 0.3) is 0 Å². The fourth-order valence-corrected chi connectivity index (χ4v) is 8.29. The molecule has 0 bridgehead atoms. The summed E-state index contributed by atoms with van der Waals surface area (Å²) in [4.78, 5) is 59.0. The number of likely N-dealkylation sites (tertiary alicyclic amines) is 1. The van der Waals surface area contributed by atoms with Crippen molar-refractivity contribution in [3.8, 4) is 0 Å². The van der Waals surface area contributed by atoms with Gasteiger partial charge in [-0.05, 0) is 83.1 Å². The predicted octanol–water partition coefficient (Wildman–Crippen LogP) is 2.93. The SMILES string of the molecule is N[C@@H](CCC(=O)NCCN1CCC(Nc2nc(NCc3nc(CCCNCCCNC4CCCCC4)cs3)nc3ccccc23)CC1)C(=O)NCCP(=O)(O)O. The Morgan fingerprint density at radius 3 is 2.52 bits per heavy atom. The fourth-order valence-electron chi connectivity index (χ4n) is 7.12. The first-order chi connectivity index (χ1) is 27.1. The van der Waals surface area contributed by atoms with Gasteiger partial charge in [-0.1, -0.05) is 31.4 Å². The van der Waals surface area contributed by atoms with Gasteiger partial charge in [-0.15, -0.1) is 11.3 Å². The Kier molecular flexibility index (Phi) is 18.2. The molecule has 10 N–H and O–H groups in total. The lowest BCUT2D eigenvalue weighted by Gasteiger charge is -2.32. The number of nitrogens with one attached hydrogen (secondary N) is 6. The molecule has 0 unspecified atom stereocenters. The molecule has 3 heterocycles. The van der Waals surface area contributed by atoms with Gasteiger partial charge in [0, 0.05) is 62.0 Å². The van der Waals surface area contributed by atoms with E-state index in [1.807, 2.05) is 24.3 Å². The lowest BCUT2D eigenvalue weighted by Crippen LogP contribution is -2.43. The van der Waals surface area contributed by atoms with Crippen molar-refractivity contribution in [2.75, 3.05) is 69.2 Å². The first-order valence-electron chi connectivity index (χ1n) is 20.3. The van der Waals surface area contributed by atoms with E-state index in [2.05, 4.69) is 42.2 Å².